The molecule has 4 heteroatoms. The van der Waals surface area contributed by atoms with Crippen LogP contribution >= 0.6 is 11.6 Å². The summed E-state index contributed by atoms with van der Waals surface area (Å²) in [6.45, 7) is 1.96. The number of nitrogens with one attached hydrogen (secondary N) is 1. The molecule has 2 aromatic carbocycles. The summed E-state index contributed by atoms with van der Waals surface area (Å²) in [5.41, 5.74) is 2.43. The third-order valence-corrected chi connectivity index (χ3v) is 4.52. The summed E-state index contributed by atoms with van der Waals surface area (Å²) in [6, 6.07) is 13.2. The minimum Gasteiger partial charge on any atom is -0.497 e. The number of methoxy groups -OCH3 is 1. The van der Waals surface area contributed by atoms with Gasteiger partial charge in [0, 0.05) is 10.7 Å². The zero-order valence-electron chi connectivity index (χ0n) is 12.7. The molecule has 0 spiro atoms. The average molecular weight is 316 g/mol. The fourth-order valence-corrected chi connectivity index (χ4v) is 2.81. The maximum Gasteiger partial charge on any atom is 0.235 e. The van der Waals surface area contributed by atoms with Gasteiger partial charge in [0.15, 0.2) is 0 Å². The van der Waals surface area contributed by atoms with E-state index < -0.39 is 5.41 Å². The van der Waals surface area contributed by atoms with Crippen LogP contribution in [-0.4, -0.2) is 13.0 Å². The molecule has 0 aromatic heterocycles. The SMILES string of the molecule is COc1ccc(NC(=O)C2(c3ccc(Cl)cc3)CC2)c(C)c1. The number of rotatable bonds is 4. The van der Waals surface area contributed by atoms with Crippen molar-refractivity contribution in [1.29, 1.82) is 0 Å². The molecule has 0 heterocycles. The van der Waals surface area contributed by atoms with E-state index in [4.69, 9.17) is 16.3 Å². The van der Waals surface area contributed by atoms with E-state index in [2.05, 4.69) is 5.32 Å². The van der Waals surface area contributed by atoms with Gasteiger partial charge < -0.3 is 10.1 Å². The van der Waals surface area contributed by atoms with Crippen molar-refractivity contribution in [2.45, 2.75) is 25.2 Å². The zero-order chi connectivity index (χ0) is 15.7. The molecular formula is C18H18ClNO2. The Bertz CT molecular complexity index is 706. The van der Waals surface area contributed by atoms with Gasteiger partial charge in [-0.1, -0.05) is 23.7 Å². The smallest absolute Gasteiger partial charge is 0.235 e. The molecule has 1 fully saturated rings. The Morgan fingerprint density at radius 2 is 1.86 bits per heavy atom. The Kier molecular flexibility index (Phi) is 3.83. The van der Waals surface area contributed by atoms with Crippen molar-refractivity contribution in [2.24, 2.45) is 0 Å². The summed E-state index contributed by atoms with van der Waals surface area (Å²) in [5, 5.41) is 3.74. The standard InChI is InChI=1S/C18H18ClNO2/c1-12-11-15(22-2)7-8-16(12)20-17(21)18(9-10-18)13-3-5-14(19)6-4-13/h3-8,11H,9-10H2,1-2H3,(H,20,21). The van der Waals surface area contributed by atoms with Crippen LogP contribution < -0.4 is 10.1 Å². The molecule has 1 saturated carbocycles. The minimum atomic E-state index is -0.406. The van der Waals surface area contributed by atoms with Crippen LogP contribution in [0.4, 0.5) is 5.69 Å². The summed E-state index contributed by atoms with van der Waals surface area (Å²) < 4.78 is 5.19. The predicted molar refractivity (Wildman–Crippen MR) is 88.7 cm³/mol. The number of ether oxygens (including phenoxy) is 1. The van der Waals surface area contributed by atoms with E-state index in [-0.39, 0.29) is 5.91 Å². The Hall–Kier alpha value is -2.00. The molecule has 1 aliphatic carbocycles. The van der Waals surface area contributed by atoms with E-state index in [1.54, 1.807) is 7.11 Å². The number of carbonyl (C=O) groups excluding carboxylic acids is 1. The van der Waals surface area contributed by atoms with Crippen molar-refractivity contribution in [2.75, 3.05) is 12.4 Å². The van der Waals surface area contributed by atoms with Gasteiger partial charge in [-0.15, -0.1) is 0 Å². The number of anilines is 1. The van der Waals surface area contributed by atoms with Gasteiger partial charge in [-0.2, -0.15) is 0 Å². The lowest BCUT2D eigenvalue weighted by Crippen LogP contribution is -2.28. The van der Waals surface area contributed by atoms with Crippen molar-refractivity contribution < 1.29 is 9.53 Å². The van der Waals surface area contributed by atoms with E-state index in [0.29, 0.717) is 5.02 Å². The quantitative estimate of drug-likeness (QED) is 0.912. The first-order valence-corrected chi connectivity index (χ1v) is 7.65. The van der Waals surface area contributed by atoms with E-state index >= 15 is 0 Å². The molecule has 0 unspecified atom stereocenters. The lowest BCUT2D eigenvalue weighted by Gasteiger charge is -2.17. The number of hydrogen-bond acceptors (Lipinski definition) is 2. The summed E-state index contributed by atoms with van der Waals surface area (Å²) in [5.74, 6) is 0.831. The van der Waals surface area contributed by atoms with Crippen molar-refractivity contribution in [3.8, 4) is 5.75 Å². The highest BCUT2D eigenvalue weighted by molar-refractivity contribution is 6.30. The normalized spacial score (nSPS) is 15.2. The summed E-state index contributed by atoms with van der Waals surface area (Å²) in [6.07, 6.45) is 1.74. The number of hydrogen-bond donors (Lipinski definition) is 1. The Labute approximate surface area is 135 Å². The molecule has 0 saturated heterocycles. The molecular weight excluding hydrogens is 298 g/mol. The third kappa shape index (κ3) is 2.69. The number of carbonyl (C=O) groups is 1. The van der Waals surface area contributed by atoms with E-state index in [0.717, 1.165) is 35.4 Å². The first kappa shape index (κ1) is 14.9. The van der Waals surface area contributed by atoms with Crippen LogP contribution in [0.1, 0.15) is 24.0 Å². The third-order valence-electron chi connectivity index (χ3n) is 4.26. The van der Waals surface area contributed by atoms with Gasteiger partial charge in [-0.25, -0.2) is 0 Å². The topological polar surface area (TPSA) is 38.3 Å². The molecule has 3 nitrogen and oxygen atoms in total. The average Bonchev–Trinajstić information content (AvgIpc) is 3.31. The van der Waals surface area contributed by atoms with Crippen molar-refractivity contribution in [3.63, 3.8) is 0 Å². The molecule has 1 N–H and O–H groups in total. The van der Waals surface area contributed by atoms with Crippen LogP contribution in [0.15, 0.2) is 42.5 Å². The molecule has 22 heavy (non-hydrogen) atoms. The minimum absolute atomic E-state index is 0.0445. The monoisotopic (exact) mass is 315 g/mol. The number of halogens is 1. The molecule has 2 aromatic rings. The molecule has 0 aliphatic heterocycles. The maximum absolute atomic E-state index is 12.7. The van der Waals surface area contributed by atoms with E-state index in [1.165, 1.54) is 0 Å². The number of aryl methyl sites for hydroxylation is 1. The maximum atomic E-state index is 12.7. The van der Waals surface area contributed by atoms with Crippen LogP contribution in [0.5, 0.6) is 5.75 Å². The fraction of sp³-hybridized carbons (Fsp3) is 0.278. The molecule has 0 bridgehead atoms. The van der Waals surface area contributed by atoms with Crippen LogP contribution in [0.3, 0.4) is 0 Å². The molecule has 114 valence electrons. The van der Waals surface area contributed by atoms with Gasteiger partial charge in [0.05, 0.1) is 12.5 Å². The lowest BCUT2D eigenvalue weighted by molar-refractivity contribution is -0.118. The van der Waals surface area contributed by atoms with E-state index in [9.17, 15) is 4.79 Å². The molecule has 0 radical (unpaired) electrons. The highest BCUT2D eigenvalue weighted by Gasteiger charge is 2.51. The van der Waals surface area contributed by atoms with Gasteiger partial charge in [-0.05, 0) is 61.2 Å². The van der Waals surface area contributed by atoms with Crippen LogP contribution in [0.25, 0.3) is 0 Å². The molecule has 1 aliphatic rings. The molecule has 0 atom stereocenters. The Balaban J connectivity index is 1.81. The fourth-order valence-electron chi connectivity index (χ4n) is 2.69. The first-order chi connectivity index (χ1) is 10.5. The summed E-state index contributed by atoms with van der Waals surface area (Å²) >= 11 is 5.93. The summed E-state index contributed by atoms with van der Waals surface area (Å²) in [7, 11) is 1.63. The van der Waals surface area contributed by atoms with Crippen molar-refractivity contribution >= 4 is 23.2 Å². The van der Waals surface area contributed by atoms with Gasteiger partial charge in [0.2, 0.25) is 5.91 Å². The second-order valence-corrected chi connectivity index (χ2v) is 6.16. The van der Waals surface area contributed by atoms with E-state index in [1.807, 2.05) is 49.4 Å². The number of amides is 1. The Morgan fingerprint density at radius 3 is 2.41 bits per heavy atom. The van der Waals surface area contributed by atoms with Crippen molar-refractivity contribution in [1.82, 2.24) is 0 Å². The molecule has 3 rings (SSSR count). The van der Waals surface area contributed by atoms with Crippen LogP contribution in [0.2, 0.25) is 5.02 Å². The summed E-state index contributed by atoms with van der Waals surface area (Å²) in [4.78, 5) is 12.7. The second kappa shape index (κ2) is 5.65. The van der Waals surface area contributed by atoms with Gasteiger partial charge >= 0.3 is 0 Å². The predicted octanol–water partition coefficient (Wildman–Crippen LogP) is 4.33. The van der Waals surface area contributed by atoms with Gasteiger partial charge in [0.25, 0.3) is 0 Å². The highest BCUT2D eigenvalue weighted by Crippen LogP contribution is 2.49. The van der Waals surface area contributed by atoms with Crippen LogP contribution in [0, 0.1) is 6.92 Å². The lowest BCUT2D eigenvalue weighted by atomic mass is 9.95. The van der Waals surface area contributed by atoms with Crippen LogP contribution in [-0.2, 0) is 10.2 Å². The molecule has 1 amide bonds. The highest BCUT2D eigenvalue weighted by atomic mass is 35.5. The van der Waals surface area contributed by atoms with Gasteiger partial charge in [-0.3, -0.25) is 4.79 Å². The van der Waals surface area contributed by atoms with Gasteiger partial charge in [0.1, 0.15) is 5.75 Å². The van der Waals surface area contributed by atoms with Crippen molar-refractivity contribution in [3.05, 3.63) is 58.6 Å². The number of benzene rings is 2. The first-order valence-electron chi connectivity index (χ1n) is 7.27. The zero-order valence-corrected chi connectivity index (χ0v) is 13.4. The largest absolute Gasteiger partial charge is 0.497 e. The Morgan fingerprint density at radius 1 is 1.18 bits per heavy atom. The second-order valence-electron chi connectivity index (χ2n) is 5.72.